The maximum Gasteiger partial charge on any atom is 0.366 e. The normalized spacial score (nSPS) is 11.1. The lowest BCUT2D eigenvalue weighted by molar-refractivity contribution is 0.340. The zero-order valence-electron chi connectivity index (χ0n) is 9.19. The van der Waals surface area contributed by atoms with Crippen molar-refractivity contribution < 1.29 is 9.26 Å². The highest BCUT2D eigenvalue weighted by Gasteiger charge is 2.08. The number of benzene rings is 1. The van der Waals surface area contributed by atoms with Crippen molar-refractivity contribution in [2.24, 2.45) is 0 Å². The monoisotopic (exact) mass is 230 g/mol. The smallest absolute Gasteiger partial charge is 0.366 e. The van der Waals surface area contributed by atoms with Gasteiger partial charge in [-0.2, -0.15) is 0 Å². The van der Waals surface area contributed by atoms with Gasteiger partial charge in [-0.1, -0.05) is 0 Å². The van der Waals surface area contributed by atoms with E-state index in [1.54, 1.807) is 0 Å². The summed E-state index contributed by atoms with van der Waals surface area (Å²) < 4.78 is 10.2. The Hall–Kier alpha value is -2.30. The largest absolute Gasteiger partial charge is 0.494 e. The Bertz CT molecular complexity index is 742. The Balaban J connectivity index is 2.38. The van der Waals surface area contributed by atoms with E-state index in [2.05, 4.69) is 10.1 Å². The molecule has 5 nitrogen and oxygen atoms in total. The molecule has 0 saturated carbocycles. The van der Waals surface area contributed by atoms with Gasteiger partial charge in [-0.25, -0.2) is 9.95 Å². The highest BCUT2D eigenvalue weighted by molar-refractivity contribution is 6.02. The number of hydrogen-bond acceptors (Lipinski definition) is 4. The molecule has 0 atom stereocenters. The third-order valence-electron chi connectivity index (χ3n) is 2.62. The molecule has 1 N–H and O–H groups in total. The minimum atomic E-state index is -0.406. The van der Waals surface area contributed by atoms with Gasteiger partial charge in [0.25, 0.3) is 0 Å². The molecule has 0 amide bonds. The lowest BCUT2D eigenvalue weighted by Crippen LogP contribution is -1.93. The molecule has 0 radical (unpaired) electrons. The van der Waals surface area contributed by atoms with Crippen LogP contribution in [0.4, 0.5) is 0 Å². The molecule has 1 aromatic carbocycles. The first-order valence-electron chi connectivity index (χ1n) is 5.32. The van der Waals surface area contributed by atoms with Gasteiger partial charge < -0.3 is 9.26 Å². The number of ether oxygens (including phenoxy) is 1. The predicted molar refractivity (Wildman–Crippen MR) is 63.3 cm³/mol. The van der Waals surface area contributed by atoms with Crippen molar-refractivity contribution in [3.8, 4) is 5.75 Å². The van der Waals surface area contributed by atoms with Crippen molar-refractivity contribution >= 4 is 21.8 Å². The molecular formula is C12H10N2O3. The highest BCUT2D eigenvalue weighted by Crippen LogP contribution is 2.24. The lowest BCUT2D eigenvalue weighted by atomic mass is 10.1. The molecule has 0 bridgehead atoms. The van der Waals surface area contributed by atoms with Crippen LogP contribution in [0.5, 0.6) is 5.75 Å². The van der Waals surface area contributed by atoms with Gasteiger partial charge in [-0.3, -0.25) is 4.98 Å². The van der Waals surface area contributed by atoms with Crippen molar-refractivity contribution in [3.63, 3.8) is 0 Å². The zero-order chi connectivity index (χ0) is 11.8. The second-order valence-corrected chi connectivity index (χ2v) is 3.65. The predicted octanol–water partition coefficient (Wildman–Crippen LogP) is 2.07. The molecule has 86 valence electrons. The number of H-pyrrole nitrogens is 1. The van der Waals surface area contributed by atoms with Crippen LogP contribution in [0.1, 0.15) is 6.92 Å². The van der Waals surface area contributed by atoms with E-state index in [-0.39, 0.29) is 0 Å². The number of pyridine rings is 1. The molecular weight excluding hydrogens is 220 g/mol. The molecule has 0 spiro atoms. The fourth-order valence-electron chi connectivity index (χ4n) is 1.85. The van der Waals surface area contributed by atoms with E-state index in [0.717, 1.165) is 16.7 Å². The Labute approximate surface area is 96.0 Å². The summed E-state index contributed by atoms with van der Waals surface area (Å²) in [6.07, 6.45) is 1.51. The molecule has 2 heterocycles. The molecule has 2 aromatic heterocycles. The van der Waals surface area contributed by atoms with Crippen LogP contribution in [-0.2, 0) is 0 Å². The topological polar surface area (TPSA) is 68.1 Å². The SMILES string of the molecule is CCOc1ccc2ncc3c(=O)o[nH]c3c2c1. The van der Waals surface area contributed by atoms with Gasteiger partial charge in [0.2, 0.25) is 0 Å². The van der Waals surface area contributed by atoms with Gasteiger partial charge in [0.15, 0.2) is 0 Å². The fourth-order valence-corrected chi connectivity index (χ4v) is 1.85. The number of fused-ring (bicyclic) bond motifs is 3. The standard InChI is InChI=1S/C12H10N2O3/c1-2-16-7-3-4-10-8(5-7)11-9(6-13-10)12(15)17-14-11/h3-6,14H,2H2,1H3. The van der Waals surface area contributed by atoms with E-state index < -0.39 is 5.63 Å². The lowest BCUT2D eigenvalue weighted by Gasteiger charge is -2.04. The van der Waals surface area contributed by atoms with Crippen LogP contribution >= 0.6 is 0 Å². The summed E-state index contributed by atoms with van der Waals surface area (Å²) in [7, 11) is 0. The van der Waals surface area contributed by atoms with Gasteiger partial charge in [0, 0.05) is 11.6 Å². The number of nitrogens with one attached hydrogen (secondary N) is 1. The van der Waals surface area contributed by atoms with Crippen LogP contribution in [0.15, 0.2) is 33.7 Å². The van der Waals surface area contributed by atoms with Crippen LogP contribution in [-0.4, -0.2) is 16.7 Å². The number of rotatable bonds is 2. The number of aromatic amines is 1. The molecule has 17 heavy (non-hydrogen) atoms. The Morgan fingerprint density at radius 3 is 3.12 bits per heavy atom. The van der Waals surface area contributed by atoms with Gasteiger partial charge in [-0.05, 0) is 25.1 Å². The summed E-state index contributed by atoms with van der Waals surface area (Å²) in [6, 6.07) is 5.55. The number of nitrogens with zero attached hydrogens (tertiary/aromatic N) is 1. The molecule has 3 rings (SSSR count). The number of hydrogen-bond donors (Lipinski definition) is 1. The van der Waals surface area contributed by atoms with Crippen LogP contribution < -0.4 is 10.4 Å². The molecule has 0 aliphatic heterocycles. The first-order valence-corrected chi connectivity index (χ1v) is 5.32. The maximum atomic E-state index is 11.4. The third kappa shape index (κ3) is 1.47. The van der Waals surface area contributed by atoms with Gasteiger partial charge in [0.05, 0.1) is 17.6 Å². The summed E-state index contributed by atoms with van der Waals surface area (Å²) in [5.41, 5.74) is 1.04. The van der Waals surface area contributed by atoms with Crippen LogP contribution in [0.3, 0.4) is 0 Å². The molecule has 0 unspecified atom stereocenters. The molecule has 0 saturated heterocycles. The quantitative estimate of drug-likeness (QED) is 0.731. The first-order chi connectivity index (χ1) is 8.29. The van der Waals surface area contributed by atoms with Crippen molar-refractivity contribution in [2.75, 3.05) is 6.61 Å². The van der Waals surface area contributed by atoms with Gasteiger partial charge in [0.1, 0.15) is 11.1 Å². The van der Waals surface area contributed by atoms with Crippen molar-refractivity contribution in [3.05, 3.63) is 34.8 Å². The van der Waals surface area contributed by atoms with E-state index in [1.807, 2.05) is 25.1 Å². The van der Waals surface area contributed by atoms with Crippen LogP contribution in [0, 0.1) is 0 Å². The van der Waals surface area contributed by atoms with E-state index >= 15 is 0 Å². The van der Waals surface area contributed by atoms with E-state index in [9.17, 15) is 4.79 Å². The Morgan fingerprint density at radius 1 is 1.41 bits per heavy atom. The second-order valence-electron chi connectivity index (χ2n) is 3.65. The molecule has 5 heteroatoms. The summed E-state index contributed by atoms with van der Waals surface area (Å²) in [5.74, 6) is 0.747. The number of aromatic nitrogens is 2. The molecule has 0 aliphatic carbocycles. The third-order valence-corrected chi connectivity index (χ3v) is 2.62. The Kier molecular flexibility index (Phi) is 2.11. The Morgan fingerprint density at radius 2 is 2.29 bits per heavy atom. The van der Waals surface area contributed by atoms with Crippen LogP contribution in [0.25, 0.3) is 21.8 Å². The maximum absolute atomic E-state index is 11.4. The van der Waals surface area contributed by atoms with E-state index in [0.29, 0.717) is 17.5 Å². The van der Waals surface area contributed by atoms with Gasteiger partial charge >= 0.3 is 5.63 Å². The minimum absolute atomic E-state index is 0.406. The second kappa shape index (κ2) is 3.62. The fraction of sp³-hybridized carbons (Fsp3) is 0.167. The molecule has 0 fully saturated rings. The van der Waals surface area contributed by atoms with Crippen molar-refractivity contribution in [1.29, 1.82) is 0 Å². The first kappa shape index (κ1) is 9.89. The van der Waals surface area contributed by atoms with Crippen molar-refractivity contribution in [1.82, 2.24) is 10.1 Å². The summed E-state index contributed by atoms with van der Waals surface area (Å²) in [5, 5.41) is 3.89. The highest BCUT2D eigenvalue weighted by atomic mass is 16.5. The minimum Gasteiger partial charge on any atom is -0.494 e. The van der Waals surface area contributed by atoms with Crippen molar-refractivity contribution in [2.45, 2.75) is 6.92 Å². The molecule has 0 aliphatic rings. The summed E-state index contributed by atoms with van der Waals surface area (Å²) in [4.78, 5) is 15.6. The van der Waals surface area contributed by atoms with E-state index in [1.165, 1.54) is 6.20 Å². The average molecular weight is 230 g/mol. The van der Waals surface area contributed by atoms with Crippen LogP contribution in [0.2, 0.25) is 0 Å². The summed E-state index contributed by atoms with van der Waals surface area (Å²) >= 11 is 0. The zero-order valence-corrected chi connectivity index (χ0v) is 9.19. The van der Waals surface area contributed by atoms with E-state index in [4.69, 9.17) is 9.26 Å². The summed E-state index contributed by atoms with van der Waals surface area (Å²) in [6.45, 7) is 2.51. The molecule has 3 aromatic rings. The van der Waals surface area contributed by atoms with Gasteiger partial charge in [-0.15, -0.1) is 0 Å². The average Bonchev–Trinajstić information content (AvgIpc) is 2.72.